The summed E-state index contributed by atoms with van der Waals surface area (Å²) in [7, 11) is 0. The third-order valence-electron chi connectivity index (χ3n) is 2.12. The van der Waals surface area contributed by atoms with Gasteiger partial charge in [0.25, 0.3) is 5.91 Å². The van der Waals surface area contributed by atoms with Gasteiger partial charge in [-0.1, -0.05) is 30.0 Å². The van der Waals surface area contributed by atoms with Crippen LogP contribution in [0, 0.1) is 0 Å². The van der Waals surface area contributed by atoms with E-state index in [4.69, 9.17) is 0 Å². The molecule has 84 valence electrons. The van der Waals surface area contributed by atoms with Crippen LogP contribution in [-0.4, -0.2) is 15.6 Å². The maximum atomic E-state index is 12.1. The fourth-order valence-corrected chi connectivity index (χ4v) is 2.36. The molecular formula is C11H12N2OS2. The molecule has 0 bridgehead atoms. The number of allylic oxidation sites excluding steroid dienone is 1. The number of amides is 1. The van der Waals surface area contributed by atoms with Crippen LogP contribution >= 0.6 is 24.4 Å². The Morgan fingerprint density at radius 1 is 1.44 bits per heavy atom. The van der Waals surface area contributed by atoms with Gasteiger partial charge in [0.2, 0.25) is 0 Å². The number of hydrazine groups is 1. The Morgan fingerprint density at radius 3 is 2.81 bits per heavy atom. The van der Waals surface area contributed by atoms with Gasteiger partial charge < -0.3 is 0 Å². The number of carbonyl (C=O) groups is 1. The van der Waals surface area contributed by atoms with Gasteiger partial charge in [-0.05, 0) is 24.5 Å². The van der Waals surface area contributed by atoms with Gasteiger partial charge in [0.15, 0.2) is 0 Å². The zero-order chi connectivity index (χ0) is 11.5. The number of nitrogens with zero attached hydrogens (tertiary/aromatic N) is 1. The molecule has 0 aromatic heterocycles. The number of hydrogen-bond donors (Lipinski definition) is 2. The van der Waals surface area contributed by atoms with Crippen molar-refractivity contribution in [2.75, 3.05) is 0 Å². The standard InChI is InChI=1S/C11H12N2OS2/c1-8-7-16-11(15)13(12-8)10(14)9-5-3-2-4-6-9/h2-7,11-12,15H,1H3. The second-order valence-electron chi connectivity index (χ2n) is 3.42. The number of thiol groups is 1. The van der Waals surface area contributed by atoms with E-state index in [0.717, 1.165) is 5.70 Å². The van der Waals surface area contributed by atoms with Crippen LogP contribution in [0.4, 0.5) is 0 Å². The van der Waals surface area contributed by atoms with Gasteiger partial charge in [-0.3, -0.25) is 10.2 Å². The Kier molecular flexibility index (Phi) is 3.46. The second-order valence-corrected chi connectivity index (χ2v) is 5.21. The highest BCUT2D eigenvalue weighted by atomic mass is 32.2. The number of thioether (sulfide) groups is 1. The number of rotatable bonds is 1. The molecule has 2 rings (SSSR count). The second kappa shape index (κ2) is 4.84. The molecule has 1 aromatic rings. The lowest BCUT2D eigenvalue weighted by atomic mass is 10.2. The van der Waals surface area contributed by atoms with E-state index in [1.165, 1.54) is 16.8 Å². The molecule has 1 unspecified atom stereocenters. The number of benzene rings is 1. The zero-order valence-electron chi connectivity index (χ0n) is 8.75. The minimum Gasteiger partial charge on any atom is -0.298 e. The summed E-state index contributed by atoms with van der Waals surface area (Å²) in [6.07, 6.45) is 0. The van der Waals surface area contributed by atoms with Gasteiger partial charge in [-0.25, -0.2) is 5.01 Å². The lowest BCUT2D eigenvalue weighted by molar-refractivity contribution is 0.0709. The summed E-state index contributed by atoms with van der Waals surface area (Å²) in [5.41, 5.74) is 4.61. The predicted molar refractivity (Wildman–Crippen MR) is 69.9 cm³/mol. The summed E-state index contributed by atoms with van der Waals surface area (Å²) < 4.78 is -0.198. The highest BCUT2D eigenvalue weighted by molar-refractivity contribution is 8.12. The Morgan fingerprint density at radius 2 is 2.12 bits per heavy atom. The minimum absolute atomic E-state index is 0.0689. The van der Waals surface area contributed by atoms with Crippen LogP contribution in [-0.2, 0) is 0 Å². The molecule has 0 aliphatic carbocycles. The van der Waals surface area contributed by atoms with Gasteiger partial charge in [0.1, 0.15) is 4.71 Å². The Labute approximate surface area is 104 Å². The van der Waals surface area contributed by atoms with E-state index in [9.17, 15) is 4.79 Å². The minimum atomic E-state index is -0.198. The summed E-state index contributed by atoms with van der Waals surface area (Å²) >= 11 is 5.85. The van der Waals surface area contributed by atoms with Crippen LogP contribution in [0.2, 0.25) is 0 Å². The molecule has 1 aromatic carbocycles. The van der Waals surface area contributed by atoms with E-state index in [0.29, 0.717) is 5.56 Å². The number of carbonyl (C=O) groups excluding carboxylic acids is 1. The van der Waals surface area contributed by atoms with Crippen molar-refractivity contribution in [3.8, 4) is 0 Å². The molecule has 5 heteroatoms. The van der Waals surface area contributed by atoms with Crippen molar-refractivity contribution in [3.63, 3.8) is 0 Å². The van der Waals surface area contributed by atoms with Gasteiger partial charge in [0.05, 0.1) is 0 Å². The van der Waals surface area contributed by atoms with Crippen LogP contribution in [0.5, 0.6) is 0 Å². The highest BCUT2D eigenvalue weighted by Crippen LogP contribution is 2.26. The average molecular weight is 252 g/mol. The molecule has 3 nitrogen and oxygen atoms in total. The van der Waals surface area contributed by atoms with Gasteiger partial charge in [-0.2, -0.15) is 0 Å². The fraction of sp³-hybridized carbons (Fsp3) is 0.182. The quantitative estimate of drug-likeness (QED) is 0.753. The van der Waals surface area contributed by atoms with E-state index < -0.39 is 0 Å². The van der Waals surface area contributed by atoms with Crippen molar-refractivity contribution in [1.82, 2.24) is 10.4 Å². The third kappa shape index (κ3) is 2.36. The molecule has 0 saturated carbocycles. The smallest absolute Gasteiger partial charge is 0.274 e. The molecule has 0 fully saturated rings. The first-order valence-electron chi connectivity index (χ1n) is 4.84. The zero-order valence-corrected chi connectivity index (χ0v) is 10.5. The molecule has 16 heavy (non-hydrogen) atoms. The Bertz CT molecular complexity index is 419. The summed E-state index contributed by atoms with van der Waals surface area (Å²) in [5, 5.41) is 3.48. The molecule has 0 radical (unpaired) electrons. The molecule has 1 atom stereocenters. The van der Waals surface area contributed by atoms with Crippen molar-refractivity contribution in [1.29, 1.82) is 0 Å². The van der Waals surface area contributed by atoms with Gasteiger partial charge in [-0.15, -0.1) is 12.6 Å². The first-order valence-corrected chi connectivity index (χ1v) is 6.30. The van der Waals surface area contributed by atoms with Gasteiger partial charge >= 0.3 is 0 Å². The Balaban J connectivity index is 2.19. The number of nitrogens with one attached hydrogen (secondary N) is 1. The normalized spacial score (nSPS) is 20.0. The monoisotopic (exact) mass is 252 g/mol. The molecule has 1 heterocycles. The predicted octanol–water partition coefficient (Wildman–Crippen LogP) is 2.45. The van der Waals surface area contributed by atoms with Crippen LogP contribution < -0.4 is 5.43 Å². The summed E-state index contributed by atoms with van der Waals surface area (Å²) in [5.74, 6) is -0.0689. The van der Waals surface area contributed by atoms with Crippen LogP contribution in [0.15, 0.2) is 41.4 Å². The molecule has 0 spiro atoms. The molecular weight excluding hydrogens is 240 g/mol. The molecule has 1 N–H and O–H groups in total. The van der Waals surface area contributed by atoms with Crippen molar-refractivity contribution >= 4 is 30.3 Å². The van der Waals surface area contributed by atoms with E-state index in [-0.39, 0.29) is 10.6 Å². The van der Waals surface area contributed by atoms with Gasteiger partial charge in [0, 0.05) is 11.3 Å². The molecule has 0 saturated heterocycles. The van der Waals surface area contributed by atoms with E-state index in [2.05, 4.69) is 18.1 Å². The summed E-state index contributed by atoms with van der Waals surface area (Å²) in [6, 6.07) is 9.17. The Hall–Kier alpha value is -1.07. The summed E-state index contributed by atoms with van der Waals surface area (Å²) in [6.45, 7) is 1.91. The summed E-state index contributed by atoms with van der Waals surface area (Å²) in [4.78, 5) is 12.1. The maximum absolute atomic E-state index is 12.1. The van der Waals surface area contributed by atoms with Crippen molar-refractivity contribution in [2.45, 2.75) is 11.6 Å². The highest BCUT2D eigenvalue weighted by Gasteiger charge is 2.24. The maximum Gasteiger partial charge on any atom is 0.274 e. The number of hydrogen-bond acceptors (Lipinski definition) is 4. The van der Waals surface area contributed by atoms with E-state index >= 15 is 0 Å². The molecule has 1 aliphatic heterocycles. The van der Waals surface area contributed by atoms with Crippen molar-refractivity contribution in [2.24, 2.45) is 0 Å². The lowest BCUT2D eigenvalue weighted by Crippen LogP contribution is -2.46. The lowest BCUT2D eigenvalue weighted by Gasteiger charge is -2.32. The van der Waals surface area contributed by atoms with Crippen molar-refractivity contribution < 1.29 is 4.79 Å². The third-order valence-corrected chi connectivity index (χ3v) is 3.66. The average Bonchev–Trinajstić information content (AvgIpc) is 2.32. The van der Waals surface area contributed by atoms with E-state index in [1.807, 2.05) is 30.5 Å². The topological polar surface area (TPSA) is 32.3 Å². The largest absolute Gasteiger partial charge is 0.298 e. The van der Waals surface area contributed by atoms with Crippen LogP contribution in [0.25, 0.3) is 0 Å². The van der Waals surface area contributed by atoms with Crippen molar-refractivity contribution in [3.05, 3.63) is 47.0 Å². The molecule has 1 amide bonds. The fourth-order valence-electron chi connectivity index (χ4n) is 1.37. The first-order chi connectivity index (χ1) is 7.68. The SMILES string of the molecule is CC1=CSC(S)N(C(=O)c2ccccc2)N1. The van der Waals surface area contributed by atoms with Crippen LogP contribution in [0.1, 0.15) is 17.3 Å². The van der Waals surface area contributed by atoms with Crippen LogP contribution in [0.3, 0.4) is 0 Å². The van der Waals surface area contributed by atoms with E-state index in [1.54, 1.807) is 12.1 Å². The molecule has 1 aliphatic rings. The first kappa shape index (κ1) is 11.4.